The summed E-state index contributed by atoms with van der Waals surface area (Å²) in [6.07, 6.45) is 2.97. The van der Waals surface area contributed by atoms with Gasteiger partial charge < -0.3 is 15.1 Å². The van der Waals surface area contributed by atoms with Crippen molar-refractivity contribution in [3.8, 4) is 0 Å². The second-order valence-corrected chi connectivity index (χ2v) is 4.75. The number of aliphatic carboxylic acids is 2. The summed E-state index contributed by atoms with van der Waals surface area (Å²) in [6.45, 7) is 1.98. The highest BCUT2D eigenvalue weighted by Crippen LogP contribution is 2.12. The van der Waals surface area contributed by atoms with E-state index in [1.807, 2.05) is 0 Å². The SMILES string of the molecule is CC(C(=O)N1CCCCC1)N(CC(=O)O)CC(=O)O. The van der Waals surface area contributed by atoms with Crippen LogP contribution in [0.1, 0.15) is 26.2 Å². The molecule has 0 radical (unpaired) electrons. The first kappa shape index (κ1) is 15.4. The van der Waals surface area contributed by atoms with E-state index in [0.29, 0.717) is 13.1 Å². The minimum Gasteiger partial charge on any atom is -0.480 e. The number of carboxylic acids is 2. The van der Waals surface area contributed by atoms with Crippen LogP contribution in [0.4, 0.5) is 0 Å². The molecule has 0 aliphatic carbocycles. The molecular weight excluding hydrogens is 252 g/mol. The molecule has 1 amide bonds. The van der Waals surface area contributed by atoms with Gasteiger partial charge in [-0.05, 0) is 26.2 Å². The van der Waals surface area contributed by atoms with Gasteiger partial charge in [-0.1, -0.05) is 0 Å². The van der Waals surface area contributed by atoms with Crippen molar-refractivity contribution in [1.29, 1.82) is 0 Å². The number of carbonyl (C=O) groups excluding carboxylic acids is 1. The van der Waals surface area contributed by atoms with Gasteiger partial charge in [0.25, 0.3) is 0 Å². The standard InChI is InChI=1S/C12H20N2O5/c1-9(12(19)13-5-3-2-4-6-13)14(7-10(15)16)8-11(17)18/h9H,2-8H2,1H3,(H,15,16)(H,17,18). The van der Waals surface area contributed by atoms with Crippen LogP contribution in [-0.4, -0.2) is 70.1 Å². The maximum Gasteiger partial charge on any atom is 0.317 e. The second kappa shape index (κ2) is 7.08. The average Bonchev–Trinajstić information content (AvgIpc) is 2.36. The molecule has 0 aromatic heterocycles. The van der Waals surface area contributed by atoms with Crippen molar-refractivity contribution in [3.63, 3.8) is 0 Å². The first-order valence-electron chi connectivity index (χ1n) is 6.38. The van der Waals surface area contributed by atoms with E-state index in [-0.39, 0.29) is 5.91 Å². The van der Waals surface area contributed by atoms with E-state index in [9.17, 15) is 14.4 Å². The lowest BCUT2D eigenvalue weighted by Gasteiger charge is -2.33. The molecule has 0 spiro atoms. The molecular formula is C12H20N2O5. The monoisotopic (exact) mass is 272 g/mol. The smallest absolute Gasteiger partial charge is 0.317 e. The fourth-order valence-electron chi connectivity index (χ4n) is 2.21. The van der Waals surface area contributed by atoms with Gasteiger partial charge >= 0.3 is 11.9 Å². The molecule has 0 aromatic carbocycles. The van der Waals surface area contributed by atoms with Crippen LogP contribution in [0.5, 0.6) is 0 Å². The van der Waals surface area contributed by atoms with Gasteiger partial charge in [-0.2, -0.15) is 0 Å². The van der Waals surface area contributed by atoms with Crippen LogP contribution in [0.2, 0.25) is 0 Å². The molecule has 2 N–H and O–H groups in total. The summed E-state index contributed by atoms with van der Waals surface area (Å²) < 4.78 is 0. The summed E-state index contributed by atoms with van der Waals surface area (Å²) in [6, 6.07) is -0.731. The molecule has 1 heterocycles. The largest absolute Gasteiger partial charge is 0.480 e. The highest BCUT2D eigenvalue weighted by atomic mass is 16.4. The Balaban J connectivity index is 2.67. The van der Waals surface area contributed by atoms with E-state index < -0.39 is 31.1 Å². The Hall–Kier alpha value is -1.63. The third-order valence-corrected chi connectivity index (χ3v) is 3.25. The molecule has 1 saturated heterocycles. The Morgan fingerprint density at radius 3 is 1.95 bits per heavy atom. The molecule has 0 bridgehead atoms. The molecule has 0 aromatic rings. The Kier molecular flexibility index (Phi) is 5.75. The Morgan fingerprint density at radius 1 is 1.05 bits per heavy atom. The normalized spacial score (nSPS) is 17.3. The van der Waals surface area contributed by atoms with Crippen LogP contribution >= 0.6 is 0 Å². The molecule has 1 aliphatic heterocycles. The number of rotatable bonds is 6. The van der Waals surface area contributed by atoms with Crippen molar-refractivity contribution in [3.05, 3.63) is 0 Å². The van der Waals surface area contributed by atoms with E-state index in [0.717, 1.165) is 19.3 Å². The summed E-state index contributed by atoms with van der Waals surface area (Å²) in [7, 11) is 0. The molecule has 7 nitrogen and oxygen atoms in total. The van der Waals surface area contributed by atoms with E-state index in [1.165, 1.54) is 4.90 Å². The van der Waals surface area contributed by atoms with Crippen LogP contribution in [0.25, 0.3) is 0 Å². The van der Waals surface area contributed by atoms with Crippen molar-refractivity contribution in [2.75, 3.05) is 26.2 Å². The van der Waals surface area contributed by atoms with Crippen molar-refractivity contribution in [1.82, 2.24) is 9.80 Å². The molecule has 1 rings (SSSR count). The molecule has 1 atom stereocenters. The summed E-state index contributed by atoms with van der Waals surface area (Å²) >= 11 is 0. The summed E-state index contributed by atoms with van der Waals surface area (Å²) in [5, 5.41) is 17.6. The minimum absolute atomic E-state index is 0.192. The zero-order valence-corrected chi connectivity index (χ0v) is 11.0. The molecule has 0 saturated carbocycles. The van der Waals surface area contributed by atoms with Gasteiger partial charge in [0, 0.05) is 13.1 Å². The number of hydrogen-bond donors (Lipinski definition) is 2. The van der Waals surface area contributed by atoms with Gasteiger partial charge in [-0.15, -0.1) is 0 Å². The quantitative estimate of drug-likeness (QED) is 0.698. The van der Waals surface area contributed by atoms with Crippen LogP contribution in [0.3, 0.4) is 0 Å². The number of amides is 1. The van der Waals surface area contributed by atoms with Crippen molar-refractivity contribution >= 4 is 17.8 Å². The van der Waals surface area contributed by atoms with Gasteiger partial charge in [0.2, 0.25) is 5.91 Å². The summed E-state index contributed by atoms with van der Waals surface area (Å²) in [5.41, 5.74) is 0. The first-order valence-corrected chi connectivity index (χ1v) is 6.38. The van der Waals surface area contributed by atoms with Crippen molar-refractivity contribution in [2.24, 2.45) is 0 Å². The molecule has 7 heteroatoms. The molecule has 1 aliphatic rings. The zero-order valence-electron chi connectivity index (χ0n) is 11.0. The lowest BCUT2D eigenvalue weighted by molar-refractivity contribution is -0.146. The van der Waals surface area contributed by atoms with Gasteiger partial charge in [0.15, 0.2) is 0 Å². The molecule has 1 unspecified atom stereocenters. The van der Waals surface area contributed by atoms with E-state index in [4.69, 9.17) is 10.2 Å². The lowest BCUT2D eigenvalue weighted by Crippen LogP contribution is -2.51. The van der Waals surface area contributed by atoms with Crippen LogP contribution in [0.15, 0.2) is 0 Å². The lowest BCUT2D eigenvalue weighted by atomic mass is 10.1. The number of likely N-dealkylation sites (tertiary alicyclic amines) is 1. The van der Waals surface area contributed by atoms with E-state index >= 15 is 0 Å². The highest BCUT2D eigenvalue weighted by Gasteiger charge is 2.29. The maximum absolute atomic E-state index is 12.2. The van der Waals surface area contributed by atoms with E-state index in [2.05, 4.69) is 0 Å². The summed E-state index contributed by atoms with van der Waals surface area (Å²) in [4.78, 5) is 36.5. The van der Waals surface area contributed by atoms with Crippen molar-refractivity contribution in [2.45, 2.75) is 32.2 Å². The molecule has 108 valence electrons. The number of carboxylic acid groups (broad SMARTS) is 2. The number of piperidine rings is 1. The number of hydrogen-bond acceptors (Lipinski definition) is 4. The van der Waals surface area contributed by atoms with Crippen LogP contribution in [0, 0.1) is 0 Å². The average molecular weight is 272 g/mol. The van der Waals surface area contributed by atoms with Crippen LogP contribution < -0.4 is 0 Å². The number of carbonyl (C=O) groups is 3. The third-order valence-electron chi connectivity index (χ3n) is 3.25. The van der Waals surface area contributed by atoms with Gasteiger partial charge in [0.1, 0.15) is 0 Å². The Bertz CT molecular complexity index is 336. The zero-order chi connectivity index (χ0) is 14.4. The maximum atomic E-state index is 12.2. The van der Waals surface area contributed by atoms with Gasteiger partial charge in [-0.25, -0.2) is 0 Å². The number of nitrogens with zero attached hydrogens (tertiary/aromatic N) is 2. The first-order chi connectivity index (χ1) is 8.91. The van der Waals surface area contributed by atoms with Gasteiger partial charge in [-0.3, -0.25) is 19.3 Å². The Labute approximate surface area is 111 Å². The minimum atomic E-state index is -1.14. The van der Waals surface area contributed by atoms with Crippen LogP contribution in [-0.2, 0) is 14.4 Å². The fourth-order valence-corrected chi connectivity index (χ4v) is 2.21. The van der Waals surface area contributed by atoms with E-state index in [1.54, 1.807) is 11.8 Å². The van der Waals surface area contributed by atoms with Gasteiger partial charge in [0.05, 0.1) is 19.1 Å². The highest BCUT2D eigenvalue weighted by molar-refractivity contribution is 5.83. The third kappa shape index (κ3) is 4.86. The predicted octanol–water partition coefficient (Wildman–Crippen LogP) is -0.141. The predicted molar refractivity (Wildman–Crippen MR) is 66.7 cm³/mol. The Morgan fingerprint density at radius 2 is 1.53 bits per heavy atom. The summed E-state index contributed by atoms with van der Waals surface area (Å²) in [5.74, 6) is -2.47. The molecule has 19 heavy (non-hydrogen) atoms. The molecule has 1 fully saturated rings. The fraction of sp³-hybridized carbons (Fsp3) is 0.750. The van der Waals surface area contributed by atoms with Crippen molar-refractivity contribution < 1.29 is 24.6 Å². The second-order valence-electron chi connectivity index (χ2n) is 4.75. The topological polar surface area (TPSA) is 98.2 Å².